The molecule has 0 spiro atoms. The van der Waals surface area contributed by atoms with Gasteiger partial charge in [0.15, 0.2) is 0 Å². The van der Waals surface area contributed by atoms with E-state index >= 15 is 0 Å². The van der Waals surface area contributed by atoms with E-state index in [4.69, 9.17) is 5.26 Å². The molecule has 0 bridgehead atoms. The summed E-state index contributed by atoms with van der Waals surface area (Å²) in [5, 5.41) is 18.2. The van der Waals surface area contributed by atoms with Crippen LogP contribution in [0.1, 0.15) is 52.4 Å². The van der Waals surface area contributed by atoms with E-state index in [-0.39, 0.29) is 5.91 Å². The molecule has 0 saturated heterocycles. The van der Waals surface area contributed by atoms with Crippen LogP contribution in [-0.4, -0.2) is 23.9 Å². The van der Waals surface area contributed by atoms with E-state index in [1.807, 2.05) is 13.8 Å². The van der Waals surface area contributed by atoms with Crippen molar-refractivity contribution in [1.82, 2.24) is 4.90 Å². The maximum atomic E-state index is 12.7. The van der Waals surface area contributed by atoms with Crippen LogP contribution in [0.2, 0.25) is 0 Å². The smallest absolute Gasteiger partial charge is 0.243 e. The average molecular weight is 261 g/mol. The summed E-state index contributed by atoms with van der Waals surface area (Å²) >= 11 is 0. The highest BCUT2D eigenvalue weighted by Crippen LogP contribution is 2.37. The zero-order valence-corrected chi connectivity index (χ0v) is 12.0. The standard InChI is InChI=1S/C15H23N3O/c1-13(2)11-18(10-6-9-16)14(19)15(12-17)7-4-3-5-8-15/h13H,3-8,10-11H2,1-2H3. The highest BCUT2D eigenvalue weighted by Gasteiger charge is 2.42. The van der Waals surface area contributed by atoms with Gasteiger partial charge in [0, 0.05) is 13.1 Å². The van der Waals surface area contributed by atoms with Gasteiger partial charge in [-0.1, -0.05) is 33.1 Å². The quantitative estimate of drug-likeness (QED) is 0.764. The van der Waals surface area contributed by atoms with Gasteiger partial charge in [-0.05, 0) is 18.8 Å². The number of rotatable bonds is 5. The number of hydrogen-bond donors (Lipinski definition) is 0. The lowest BCUT2D eigenvalue weighted by atomic mass is 9.74. The SMILES string of the molecule is CC(C)CN(CCC#N)C(=O)C1(C#N)CCCCC1. The second kappa shape index (κ2) is 7.14. The fourth-order valence-corrected chi connectivity index (χ4v) is 2.73. The van der Waals surface area contributed by atoms with E-state index < -0.39 is 5.41 Å². The van der Waals surface area contributed by atoms with Gasteiger partial charge < -0.3 is 4.90 Å². The van der Waals surface area contributed by atoms with Crippen molar-refractivity contribution in [3.8, 4) is 12.1 Å². The third-order valence-electron chi connectivity index (χ3n) is 3.70. The molecule has 1 amide bonds. The Hall–Kier alpha value is -1.55. The molecule has 0 atom stereocenters. The Kier molecular flexibility index (Phi) is 5.83. The van der Waals surface area contributed by atoms with Gasteiger partial charge in [-0.15, -0.1) is 0 Å². The maximum absolute atomic E-state index is 12.7. The Labute approximate surface area is 116 Å². The molecule has 0 unspecified atom stereocenters. The first-order valence-electron chi connectivity index (χ1n) is 7.13. The van der Waals surface area contributed by atoms with Crippen molar-refractivity contribution in [2.45, 2.75) is 52.4 Å². The minimum absolute atomic E-state index is 0.0568. The zero-order valence-electron chi connectivity index (χ0n) is 12.0. The van der Waals surface area contributed by atoms with E-state index in [2.05, 4.69) is 12.1 Å². The fourth-order valence-electron chi connectivity index (χ4n) is 2.73. The predicted octanol–water partition coefficient (Wildman–Crippen LogP) is 2.86. The summed E-state index contributed by atoms with van der Waals surface area (Å²) in [6.07, 6.45) is 4.69. The Bertz CT molecular complexity index is 383. The summed E-state index contributed by atoms with van der Waals surface area (Å²) in [5.41, 5.74) is -0.831. The Morgan fingerprint density at radius 1 is 1.26 bits per heavy atom. The van der Waals surface area contributed by atoms with Gasteiger partial charge in [0.1, 0.15) is 5.41 Å². The van der Waals surface area contributed by atoms with Crippen LogP contribution >= 0.6 is 0 Å². The monoisotopic (exact) mass is 261 g/mol. The number of hydrogen-bond acceptors (Lipinski definition) is 3. The second-order valence-electron chi connectivity index (χ2n) is 5.81. The normalized spacial score (nSPS) is 17.5. The molecular weight excluding hydrogens is 238 g/mol. The largest absolute Gasteiger partial charge is 0.340 e. The minimum atomic E-state index is -0.831. The maximum Gasteiger partial charge on any atom is 0.243 e. The van der Waals surface area contributed by atoms with Gasteiger partial charge in [0.25, 0.3) is 0 Å². The molecule has 0 aromatic rings. The lowest BCUT2D eigenvalue weighted by Gasteiger charge is -2.35. The third kappa shape index (κ3) is 3.96. The highest BCUT2D eigenvalue weighted by atomic mass is 16.2. The molecule has 1 rings (SSSR count). The molecule has 1 saturated carbocycles. The molecule has 4 nitrogen and oxygen atoms in total. The lowest BCUT2D eigenvalue weighted by Crippen LogP contribution is -2.46. The van der Waals surface area contributed by atoms with Crippen molar-refractivity contribution < 1.29 is 4.79 Å². The summed E-state index contributed by atoms with van der Waals surface area (Å²) < 4.78 is 0. The summed E-state index contributed by atoms with van der Waals surface area (Å²) in [7, 11) is 0. The van der Waals surface area contributed by atoms with Crippen LogP contribution in [0.25, 0.3) is 0 Å². The molecule has 0 aliphatic heterocycles. The molecule has 0 N–H and O–H groups in total. The molecule has 19 heavy (non-hydrogen) atoms. The van der Waals surface area contributed by atoms with Crippen LogP contribution in [0.15, 0.2) is 0 Å². The first-order chi connectivity index (χ1) is 9.05. The lowest BCUT2D eigenvalue weighted by molar-refractivity contribution is -0.141. The molecule has 0 aromatic heterocycles. The summed E-state index contributed by atoms with van der Waals surface area (Å²) in [6.45, 7) is 5.17. The molecule has 0 aromatic carbocycles. The molecular formula is C15H23N3O. The number of nitriles is 2. The second-order valence-corrected chi connectivity index (χ2v) is 5.81. The molecule has 1 aliphatic carbocycles. The number of carbonyl (C=O) groups is 1. The van der Waals surface area contributed by atoms with Crippen LogP contribution in [0.5, 0.6) is 0 Å². The Morgan fingerprint density at radius 3 is 2.37 bits per heavy atom. The van der Waals surface area contributed by atoms with E-state index in [0.29, 0.717) is 38.3 Å². The Balaban J connectivity index is 2.84. The van der Waals surface area contributed by atoms with Crippen molar-refractivity contribution in [3.63, 3.8) is 0 Å². The van der Waals surface area contributed by atoms with Crippen molar-refractivity contribution in [2.24, 2.45) is 11.3 Å². The van der Waals surface area contributed by atoms with Crippen LogP contribution in [0.3, 0.4) is 0 Å². The van der Waals surface area contributed by atoms with Crippen LogP contribution in [-0.2, 0) is 4.79 Å². The van der Waals surface area contributed by atoms with Gasteiger partial charge in [-0.3, -0.25) is 4.79 Å². The fraction of sp³-hybridized carbons (Fsp3) is 0.800. The Morgan fingerprint density at radius 2 is 1.89 bits per heavy atom. The zero-order chi connectivity index (χ0) is 14.3. The van der Waals surface area contributed by atoms with Gasteiger partial charge in [-0.2, -0.15) is 10.5 Å². The van der Waals surface area contributed by atoms with Gasteiger partial charge in [-0.25, -0.2) is 0 Å². The van der Waals surface area contributed by atoms with Crippen LogP contribution in [0.4, 0.5) is 0 Å². The number of carbonyl (C=O) groups excluding carboxylic acids is 1. The van der Waals surface area contributed by atoms with Crippen molar-refractivity contribution in [1.29, 1.82) is 10.5 Å². The predicted molar refractivity (Wildman–Crippen MR) is 72.8 cm³/mol. The van der Waals surface area contributed by atoms with Crippen molar-refractivity contribution >= 4 is 5.91 Å². The molecule has 0 heterocycles. The molecule has 104 valence electrons. The van der Waals surface area contributed by atoms with E-state index in [1.54, 1.807) is 4.90 Å². The van der Waals surface area contributed by atoms with Gasteiger partial charge >= 0.3 is 0 Å². The first-order valence-corrected chi connectivity index (χ1v) is 7.13. The van der Waals surface area contributed by atoms with Crippen LogP contribution in [0, 0.1) is 34.0 Å². The van der Waals surface area contributed by atoms with Crippen molar-refractivity contribution in [3.05, 3.63) is 0 Å². The van der Waals surface area contributed by atoms with Crippen molar-refractivity contribution in [2.75, 3.05) is 13.1 Å². The number of nitrogens with zero attached hydrogens (tertiary/aromatic N) is 3. The first kappa shape index (κ1) is 15.5. The summed E-state index contributed by atoms with van der Waals surface area (Å²) in [6, 6.07) is 4.36. The van der Waals surface area contributed by atoms with E-state index in [0.717, 1.165) is 19.3 Å². The molecule has 0 radical (unpaired) electrons. The van der Waals surface area contributed by atoms with E-state index in [1.165, 1.54) is 0 Å². The highest BCUT2D eigenvalue weighted by molar-refractivity contribution is 5.85. The summed E-state index contributed by atoms with van der Waals surface area (Å²) in [4.78, 5) is 14.4. The van der Waals surface area contributed by atoms with Gasteiger partial charge in [0.05, 0.1) is 18.6 Å². The third-order valence-corrected chi connectivity index (χ3v) is 3.70. The number of amides is 1. The minimum Gasteiger partial charge on any atom is -0.340 e. The average Bonchev–Trinajstić information content (AvgIpc) is 2.43. The van der Waals surface area contributed by atoms with Gasteiger partial charge in [0.2, 0.25) is 5.91 Å². The molecule has 4 heteroatoms. The molecule has 1 aliphatic rings. The van der Waals surface area contributed by atoms with Crippen LogP contribution < -0.4 is 0 Å². The topological polar surface area (TPSA) is 67.9 Å². The van der Waals surface area contributed by atoms with E-state index in [9.17, 15) is 10.1 Å². The molecule has 1 fully saturated rings. The summed E-state index contributed by atoms with van der Waals surface area (Å²) in [5.74, 6) is 0.292.